The SMILES string of the molecule is NC(CC1CCCc2ccccc21)C1CCOC1. The van der Waals surface area contributed by atoms with Crippen LogP contribution in [0.3, 0.4) is 0 Å². The van der Waals surface area contributed by atoms with Gasteiger partial charge in [-0.3, -0.25) is 0 Å². The lowest BCUT2D eigenvalue weighted by Crippen LogP contribution is -2.32. The Morgan fingerprint density at radius 2 is 2.17 bits per heavy atom. The van der Waals surface area contributed by atoms with Crippen molar-refractivity contribution in [3.05, 3.63) is 35.4 Å². The summed E-state index contributed by atoms with van der Waals surface area (Å²) in [5.74, 6) is 1.25. The smallest absolute Gasteiger partial charge is 0.0509 e. The Balaban J connectivity index is 1.70. The Morgan fingerprint density at radius 1 is 1.28 bits per heavy atom. The number of hydrogen-bond donors (Lipinski definition) is 1. The molecule has 0 aromatic heterocycles. The van der Waals surface area contributed by atoms with Crippen LogP contribution in [0.4, 0.5) is 0 Å². The van der Waals surface area contributed by atoms with E-state index in [1.807, 2.05) is 0 Å². The van der Waals surface area contributed by atoms with Gasteiger partial charge >= 0.3 is 0 Å². The fourth-order valence-electron chi connectivity index (χ4n) is 3.51. The van der Waals surface area contributed by atoms with Gasteiger partial charge in [-0.25, -0.2) is 0 Å². The van der Waals surface area contributed by atoms with Gasteiger partial charge in [-0.05, 0) is 55.1 Å². The lowest BCUT2D eigenvalue weighted by Gasteiger charge is -2.29. The molecule has 2 nitrogen and oxygen atoms in total. The molecule has 3 unspecified atom stereocenters. The zero-order valence-corrected chi connectivity index (χ0v) is 11.0. The van der Waals surface area contributed by atoms with Gasteiger partial charge in [0, 0.05) is 12.6 Å². The number of fused-ring (bicyclic) bond motifs is 1. The van der Waals surface area contributed by atoms with Gasteiger partial charge in [-0.2, -0.15) is 0 Å². The second kappa shape index (κ2) is 5.41. The van der Waals surface area contributed by atoms with Crippen molar-refractivity contribution in [3.8, 4) is 0 Å². The molecule has 1 heterocycles. The van der Waals surface area contributed by atoms with Crippen LogP contribution in [0, 0.1) is 5.92 Å². The predicted octanol–water partition coefficient (Wildman–Crippen LogP) is 2.86. The second-order valence-electron chi connectivity index (χ2n) is 5.81. The van der Waals surface area contributed by atoms with E-state index in [1.165, 1.54) is 19.3 Å². The third-order valence-electron chi connectivity index (χ3n) is 4.62. The van der Waals surface area contributed by atoms with Gasteiger partial charge in [0.15, 0.2) is 0 Å². The Kier molecular flexibility index (Phi) is 3.67. The van der Waals surface area contributed by atoms with Crippen LogP contribution in [0.15, 0.2) is 24.3 Å². The van der Waals surface area contributed by atoms with Gasteiger partial charge in [-0.15, -0.1) is 0 Å². The van der Waals surface area contributed by atoms with Crippen LogP contribution in [0.2, 0.25) is 0 Å². The van der Waals surface area contributed by atoms with Crippen molar-refractivity contribution in [2.75, 3.05) is 13.2 Å². The molecule has 0 saturated carbocycles. The zero-order chi connectivity index (χ0) is 12.4. The molecule has 1 aliphatic carbocycles. The molecule has 18 heavy (non-hydrogen) atoms. The van der Waals surface area contributed by atoms with E-state index in [-0.39, 0.29) is 0 Å². The molecular formula is C16H23NO. The standard InChI is InChI=1S/C16H23NO/c17-16(14-8-9-18-11-14)10-13-6-3-5-12-4-1-2-7-15(12)13/h1-2,4,7,13-14,16H,3,5-6,8-11,17H2. The van der Waals surface area contributed by atoms with Crippen LogP contribution in [0.5, 0.6) is 0 Å². The summed E-state index contributed by atoms with van der Waals surface area (Å²) < 4.78 is 5.46. The van der Waals surface area contributed by atoms with E-state index in [2.05, 4.69) is 24.3 Å². The first-order chi connectivity index (χ1) is 8.84. The Morgan fingerprint density at radius 3 is 3.00 bits per heavy atom. The van der Waals surface area contributed by atoms with Crippen molar-refractivity contribution in [2.45, 2.75) is 44.1 Å². The summed E-state index contributed by atoms with van der Waals surface area (Å²) in [6.45, 7) is 1.77. The van der Waals surface area contributed by atoms with E-state index in [0.29, 0.717) is 17.9 Å². The molecule has 2 N–H and O–H groups in total. The first-order valence-electron chi connectivity index (χ1n) is 7.25. The van der Waals surface area contributed by atoms with E-state index in [9.17, 15) is 0 Å². The molecule has 1 aromatic rings. The maximum Gasteiger partial charge on any atom is 0.0509 e. The van der Waals surface area contributed by atoms with Crippen LogP contribution < -0.4 is 5.73 Å². The maximum absolute atomic E-state index is 6.39. The van der Waals surface area contributed by atoms with Crippen molar-refractivity contribution in [1.29, 1.82) is 0 Å². The number of benzene rings is 1. The van der Waals surface area contributed by atoms with Gasteiger partial charge in [-0.1, -0.05) is 24.3 Å². The van der Waals surface area contributed by atoms with Crippen molar-refractivity contribution in [3.63, 3.8) is 0 Å². The summed E-state index contributed by atoms with van der Waals surface area (Å²) in [6.07, 6.45) is 6.14. The molecule has 0 bridgehead atoms. The molecule has 2 heteroatoms. The quantitative estimate of drug-likeness (QED) is 0.888. The largest absolute Gasteiger partial charge is 0.381 e. The fourth-order valence-corrected chi connectivity index (χ4v) is 3.51. The highest BCUT2D eigenvalue weighted by Crippen LogP contribution is 2.35. The summed E-state index contributed by atoms with van der Waals surface area (Å²) in [5, 5.41) is 0. The lowest BCUT2D eigenvalue weighted by molar-refractivity contribution is 0.178. The Labute approximate surface area is 110 Å². The van der Waals surface area contributed by atoms with Crippen LogP contribution >= 0.6 is 0 Å². The van der Waals surface area contributed by atoms with Crippen molar-refractivity contribution in [2.24, 2.45) is 11.7 Å². The number of rotatable bonds is 3. The third-order valence-corrected chi connectivity index (χ3v) is 4.62. The molecule has 1 saturated heterocycles. The molecule has 3 atom stereocenters. The first-order valence-corrected chi connectivity index (χ1v) is 7.25. The van der Waals surface area contributed by atoms with Gasteiger partial charge in [0.1, 0.15) is 0 Å². The van der Waals surface area contributed by atoms with E-state index in [0.717, 1.165) is 26.1 Å². The van der Waals surface area contributed by atoms with Crippen molar-refractivity contribution >= 4 is 0 Å². The van der Waals surface area contributed by atoms with E-state index in [4.69, 9.17) is 10.5 Å². The minimum atomic E-state index is 0.309. The van der Waals surface area contributed by atoms with Crippen molar-refractivity contribution < 1.29 is 4.74 Å². The van der Waals surface area contributed by atoms with Crippen LogP contribution in [0.1, 0.15) is 42.7 Å². The molecule has 0 amide bonds. The fraction of sp³-hybridized carbons (Fsp3) is 0.625. The molecule has 1 fully saturated rings. The van der Waals surface area contributed by atoms with Crippen LogP contribution in [-0.2, 0) is 11.2 Å². The molecule has 98 valence electrons. The molecular weight excluding hydrogens is 222 g/mol. The summed E-state index contributed by atoms with van der Waals surface area (Å²) in [6, 6.07) is 9.22. The molecule has 0 spiro atoms. The number of aryl methyl sites for hydroxylation is 1. The number of hydrogen-bond acceptors (Lipinski definition) is 2. The average Bonchev–Trinajstić information content (AvgIpc) is 2.93. The minimum Gasteiger partial charge on any atom is -0.381 e. The highest BCUT2D eigenvalue weighted by Gasteiger charge is 2.27. The highest BCUT2D eigenvalue weighted by atomic mass is 16.5. The first kappa shape index (κ1) is 12.2. The molecule has 3 rings (SSSR count). The van der Waals surface area contributed by atoms with Crippen LogP contribution in [0.25, 0.3) is 0 Å². The minimum absolute atomic E-state index is 0.309. The summed E-state index contributed by atoms with van der Waals surface area (Å²) in [7, 11) is 0. The predicted molar refractivity (Wildman–Crippen MR) is 73.6 cm³/mol. The summed E-state index contributed by atoms with van der Waals surface area (Å²) in [4.78, 5) is 0. The van der Waals surface area contributed by atoms with E-state index < -0.39 is 0 Å². The van der Waals surface area contributed by atoms with Gasteiger partial charge in [0.2, 0.25) is 0 Å². The molecule has 1 aromatic carbocycles. The summed E-state index contributed by atoms with van der Waals surface area (Å²) in [5.41, 5.74) is 9.49. The second-order valence-corrected chi connectivity index (χ2v) is 5.81. The lowest BCUT2D eigenvalue weighted by atomic mass is 9.78. The highest BCUT2D eigenvalue weighted by molar-refractivity contribution is 5.32. The van der Waals surface area contributed by atoms with Gasteiger partial charge in [0.05, 0.1) is 6.61 Å². The van der Waals surface area contributed by atoms with E-state index >= 15 is 0 Å². The molecule has 2 aliphatic rings. The van der Waals surface area contributed by atoms with E-state index in [1.54, 1.807) is 11.1 Å². The molecule has 0 radical (unpaired) electrons. The maximum atomic E-state index is 6.39. The van der Waals surface area contributed by atoms with Gasteiger partial charge in [0.25, 0.3) is 0 Å². The zero-order valence-electron chi connectivity index (χ0n) is 11.0. The Hall–Kier alpha value is -0.860. The average molecular weight is 245 g/mol. The van der Waals surface area contributed by atoms with Crippen LogP contribution in [-0.4, -0.2) is 19.3 Å². The summed E-state index contributed by atoms with van der Waals surface area (Å²) >= 11 is 0. The monoisotopic (exact) mass is 245 g/mol. The van der Waals surface area contributed by atoms with Gasteiger partial charge < -0.3 is 10.5 Å². The number of ether oxygens (including phenoxy) is 1. The third kappa shape index (κ3) is 2.45. The topological polar surface area (TPSA) is 35.2 Å². The Bertz CT molecular complexity index is 398. The number of nitrogens with two attached hydrogens (primary N) is 1. The molecule has 1 aliphatic heterocycles. The normalized spacial score (nSPS) is 28.9. The van der Waals surface area contributed by atoms with Crippen molar-refractivity contribution in [1.82, 2.24) is 0 Å².